The Hall–Kier alpha value is -2.04. The third-order valence-electron chi connectivity index (χ3n) is 4.67. The Morgan fingerprint density at radius 2 is 1.88 bits per heavy atom. The summed E-state index contributed by atoms with van der Waals surface area (Å²) < 4.78 is 5.75. The highest BCUT2D eigenvalue weighted by molar-refractivity contribution is 6.33. The molecular formula is C21H25ClN2O2. The molecule has 0 saturated carbocycles. The largest absolute Gasteiger partial charge is 0.378 e. The minimum Gasteiger partial charge on any atom is -0.378 e. The number of hydrogen-bond acceptors (Lipinski definition) is 3. The van der Waals surface area contributed by atoms with Crippen molar-refractivity contribution in [2.45, 2.75) is 25.5 Å². The van der Waals surface area contributed by atoms with Gasteiger partial charge in [-0.15, -0.1) is 0 Å². The highest BCUT2D eigenvalue weighted by Crippen LogP contribution is 2.22. The fraction of sp³-hybridized carbons (Fsp3) is 0.381. The molecule has 4 nitrogen and oxygen atoms in total. The van der Waals surface area contributed by atoms with Crippen molar-refractivity contribution in [2.75, 3.05) is 32.1 Å². The van der Waals surface area contributed by atoms with Crippen molar-refractivity contribution in [1.82, 2.24) is 4.90 Å². The first-order chi connectivity index (χ1) is 12.5. The second kappa shape index (κ2) is 8.56. The number of carbonyl (C=O) groups excluding carboxylic acids is 1. The highest BCUT2D eigenvalue weighted by Gasteiger charge is 2.24. The number of nitrogens with zero attached hydrogens (tertiary/aromatic N) is 2. The van der Waals surface area contributed by atoms with E-state index in [1.165, 1.54) is 0 Å². The Bertz CT molecular complexity index is 740. The van der Waals surface area contributed by atoms with Crippen LogP contribution in [-0.2, 0) is 11.3 Å². The van der Waals surface area contributed by atoms with E-state index in [2.05, 4.69) is 29.2 Å². The minimum atomic E-state index is -0.0530. The van der Waals surface area contributed by atoms with Gasteiger partial charge in [-0.2, -0.15) is 0 Å². The fourth-order valence-electron chi connectivity index (χ4n) is 3.18. The molecule has 0 spiro atoms. The third-order valence-corrected chi connectivity index (χ3v) is 5.00. The number of amides is 1. The number of carbonyl (C=O) groups is 1. The zero-order valence-corrected chi connectivity index (χ0v) is 16.1. The van der Waals surface area contributed by atoms with E-state index in [4.69, 9.17) is 16.3 Å². The van der Waals surface area contributed by atoms with Crippen molar-refractivity contribution in [3.05, 3.63) is 64.7 Å². The summed E-state index contributed by atoms with van der Waals surface area (Å²) in [6.07, 6.45) is 2.14. The lowest BCUT2D eigenvalue weighted by Crippen LogP contribution is -2.37. The van der Waals surface area contributed by atoms with Crippen LogP contribution in [0.3, 0.4) is 0 Å². The van der Waals surface area contributed by atoms with Gasteiger partial charge in [-0.05, 0) is 42.7 Å². The van der Waals surface area contributed by atoms with Gasteiger partial charge in [0.05, 0.1) is 16.7 Å². The van der Waals surface area contributed by atoms with Crippen LogP contribution in [0.1, 0.15) is 28.8 Å². The van der Waals surface area contributed by atoms with Crippen molar-refractivity contribution in [1.29, 1.82) is 0 Å². The molecule has 1 heterocycles. The molecule has 0 N–H and O–H groups in total. The Morgan fingerprint density at radius 3 is 2.50 bits per heavy atom. The van der Waals surface area contributed by atoms with Crippen LogP contribution >= 0.6 is 11.6 Å². The van der Waals surface area contributed by atoms with Gasteiger partial charge in [0.1, 0.15) is 0 Å². The van der Waals surface area contributed by atoms with Crippen LogP contribution in [-0.4, -0.2) is 44.2 Å². The van der Waals surface area contributed by atoms with Crippen molar-refractivity contribution in [3.63, 3.8) is 0 Å². The molecule has 1 aliphatic heterocycles. The van der Waals surface area contributed by atoms with Gasteiger partial charge < -0.3 is 14.5 Å². The van der Waals surface area contributed by atoms with E-state index in [0.717, 1.165) is 30.7 Å². The Morgan fingerprint density at radius 1 is 1.15 bits per heavy atom. The molecule has 1 aliphatic rings. The maximum absolute atomic E-state index is 13.1. The van der Waals surface area contributed by atoms with Gasteiger partial charge in [-0.1, -0.05) is 35.9 Å². The van der Waals surface area contributed by atoms with E-state index in [0.29, 0.717) is 23.7 Å². The number of rotatable bonds is 6. The molecular weight excluding hydrogens is 348 g/mol. The summed E-state index contributed by atoms with van der Waals surface area (Å²) in [7, 11) is 4.03. The number of benzene rings is 2. The van der Waals surface area contributed by atoms with E-state index in [1.807, 2.05) is 31.1 Å². The van der Waals surface area contributed by atoms with Gasteiger partial charge in [-0.3, -0.25) is 4.79 Å². The second-order valence-electron chi connectivity index (χ2n) is 6.86. The normalized spacial score (nSPS) is 16.5. The molecule has 1 amide bonds. The van der Waals surface area contributed by atoms with Crippen molar-refractivity contribution in [2.24, 2.45) is 0 Å². The van der Waals surface area contributed by atoms with Crippen LogP contribution < -0.4 is 4.90 Å². The van der Waals surface area contributed by atoms with Crippen molar-refractivity contribution in [3.8, 4) is 0 Å². The molecule has 138 valence electrons. The smallest absolute Gasteiger partial charge is 0.255 e. The van der Waals surface area contributed by atoms with Crippen molar-refractivity contribution < 1.29 is 9.53 Å². The molecule has 1 saturated heterocycles. The van der Waals surface area contributed by atoms with Gasteiger partial charge >= 0.3 is 0 Å². The summed E-state index contributed by atoms with van der Waals surface area (Å²) in [5, 5.41) is 0.484. The quantitative estimate of drug-likeness (QED) is 0.760. The van der Waals surface area contributed by atoms with Crippen LogP contribution in [0, 0.1) is 0 Å². The van der Waals surface area contributed by atoms with Crippen LogP contribution in [0.4, 0.5) is 5.69 Å². The fourth-order valence-corrected chi connectivity index (χ4v) is 3.39. The van der Waals surface area contributed by atoms with Gasteiger partial charge in [0.25, 0.3) is 5.91 Å². The molecule has 0 aliphatic carbocycles. The summed E-state index contributed by atoms with van der Waals surface area (Å²) in [6, 6.07) is 15.5. The molecule has 2 aromatic carbocycles. The first-order valence-corrected chi connectivity index (χ1v) is 9.34. The lowest BCUT2D eigenvalue weighted by Gasteiger charge is -2.26. The zero-order chi connectivity index (χ0) is 18.5. The minimum absolute atomic E-state index is 0.0530. The van der Waals surface area contributed by atoms with E-state index < -0.39 is 0 Å². The highest BCUT2D eigenvalue weighted by atomic mass is 35.5. The monoisotopic (exact) mass is 372 g/mol. The molecule has 5 heteroatoms. The number of anilines is 1. The second-order valence-corrected chi connectivity index (χ2v) is 7.27. The summed E-state index contributed by atoms with van der Waals surface area (Å²) in [5.74, 6) is -0.0530. The van der Waals surface area contributed by atoms with E-state index >= 15 is 0 Å². The molecule has 1 unspecified atom stereocenters. The molecule has 0 aromatic heterocycles. The molecule has 3 rings (SSSR count). The molecule has 0 bridgehead atoms. The number of halogens is 1. The summed E-state index contributed by atoms with van der Waals surface area (Å²) in [5.41, 5.74) is 2.77. The lowest BCUT2D eigenvalue weighted by atomic mass is 10.1. The first-order valence-electron chi connectivity index (χ1n) is 8.96. The van der Waals surface area contributed by atoms with Crippen LogP contribution in [0.5, 0.6) is 0 Å². The Balaban J connectivity index is 1.80. The molecule has 26 heavy (non-hydrogen) atoms. The van der Waals surface area contributed by atoms with Gasteiger partial charge in [0, 0.05) is 39.5 Å². The zero-order valence-electron chi connectivity index (χ0n) is 15.3. The third kappa shape index (κ3) is 4.57. The maximum Gasteiger partial charge on any atom is 0.255 e. The standard InChI is InChI=1S/C21H25ClN2O2/c1-23(2)17-11-9-16(10-12-17)14-24(15-18-6-5-13-26-18)21(25)19-7-3-4-8-20(19)22/h3-4,7-12,18H,5-6,13-15H2,1-2H3. The Kier molecular flexibility index (Phi) is 6.17. The summed E-state index contributed by atoms with van der Waals surface area (Å²) >= 11 is 6.25. The Labute approximate surface area is 160 Å². The van der Waals surface area contributed by atoms with E-state index in [-0.39, 0.29) is 12.0 Å². The predicted molar refractivity (Wildman–Crippen MR) is 106 cm³/mol. The van der Waals surface area contributed by atoms with Gasteiger partial charge in [0.15, 0.2) is 0 Å². The maximum atomic E-state index is 13.1. The summed E-state index contributed by atoms with van der Waals surface area (Å²) in [6.45, 7) is 1.90. The average Bonchev–Trinajstić information content (AvgIpc) is 3.14. The number of ether oxygens (including phenoxy) is 1. The topological polar surface area (TPSA) is 32.8 Å². The SMILES string of the molecule is CN(C)c1ccc(CN(CC2CCCO2)C(=O)c2ccccc2Cl)cc1. The van der Waals surface area contributed by atoms with E-state index in [1.54, 1.807) is 12.1 Å². The molecule has 0 radical (unpaired) electrons. The van der Waals surface area contributed by atoms with Crippen molar-refractivity contribution >= 4 is 23.2 Å². The number of hydrogen-bond donors (Lipinski definition) is 0. The lowest BCUT2D eigenvalue weighted by molar-refractivity contribution is 0.0507. The van der Waals surface area contributed by atoms with Gasteiger partial charge in [0.2, 0.25) is 0 Å². The van der Waals surface area contributed by atoms with E-state index in [9.17, 15) is 4.79 Å². The first kappa shape index (κ1) is 18.7. The molecule has 1 fully saturated rings. The average molecular weight is 373 g/mol. The summed E-state index contributed by atoms with van der Waals surface area (Å²) in [4.78, 5) is 17.0. The van der Waals surface area contributed by atoms with Crippen LogP contribution in [0.25, 0.3) is 0 Å². The molecule has 1 atom stereocenters. The predicted octanol–water partition coefficient (Wildman–Crippen LogP) is 4.23. The van der Waals surface area contributed by atoms with Gasteiger partial charge in [-0.25, -0.2) is 0 Å². The molecule has 2 aromatic rings. The van der Waals surface area contributed by atoms with Crippen LogP contribution in [0.15, 0.2) is 48.5 Å². The van der Waals surface area contributed by atoms with Crippen LogP contribution in [0.2, 0.25) is 5.02 Å².